The molecule has 0 saturated carbocycles. The summed E-state index contributed by atoms with van der Waals surface area (Å²) in [5.41, 5.74) is 0.833. The van der Waals surface area contributed by atoms with Gasteiger partial charge in [-0.25, -0.2) is 0 Å². The highest BCUT2D eigenvalue weighted by Crippen LogP contribution is 2.26. The van der Waals surface area contributed by atoms with Crippen molar-refractivity contribution in [3.05, 3.63) is 52.2 Å². The van der Waals surface area contributed by atoms with E-state index in [0.29, 0.717) is 24.6 Å². The van der Waals surface area contributed by atoms with Gasteiger partial charge >= 0.3 is 0 Å². The Morgan fingerprint density at radius 2 is 2.22 bits per heavy atom. The van der Waals surface area contributed by atoms with E-state index in [2.05, 4.69) is 6.07 Å². The highest BCUT2D eigenvalue weighted by molar-refractivity contribution is 7.09. The summed E-state index contributed by atoms with van der Waals surface area (Å²) in [7, 11) is 3.22. The van der Waals surface area contributed by atoms with Gasteiger partial charge in [0, 0.05) is 35.7 Å². The molecular weight excluding hydrogens is 362 g/mol. The summed E-state index contributed by atoms with van der Waals surface area (Å²) >= 11 is 1.66. The first kappa shape index (κ1) is 19.5. The van der Waals surface area contributed by atoms with Crippen molar-refractivity contribution >= 4 is 23.3 Å². The molecule has 1 aliphatic rings. The van der Waals surface area contributed by atoms with E-state index in [-0.39, 0.29) is 12.0 Å². The van der Waals surface area contributed by atoms with E-state index in [1.807, 2.05) is 28.5 Å². The lowest BCUT2D eigenvalue weighted by Crippen LogP contribution is -2.35. The quantitative estimate of drug-likeness (QED) is 0.643. The van der Waals surface area contributed by atoms with Crippen LogP contribution in [-0.2, 0) is 16.1 Å². The maximum atomic E-state index is 12.9. The van der Waals surface area contributed by atoms with Crippen molar-refractivity contribution in [1.29, 1.82) is 0 Å². The number of methoxy groups -OCH3 is 2. The zero-order valence-corrected chi connectivity index (χ0v) is 16.5. The van der Waals surface area contributed by atoms with Gasteiger partial charge < -0.3 is 19.1 Å². The van der Waals surface area contributed by atoms with Gasteiger partial charge in [0.15, 0.2) is 0 Å². The van der Waals surface area contributed by atoms with E-state index in [4.69, 9.17) is 14.2 Å². The minimum absolute atomic E-state index is 0.0308. The number of nitrogens with zero attached hydrogens (tertiary/aromatic N) is 1. The van der Waals surface area contributed by atoms with Crippen LogP contribution >= 0.6 is 11.3 Å². The zero-order chi connectivity index (χ0) is 19.1. The minimum atomic E-state index is -0.0308. The fourth-order valence-electron chi connectivity index (χ4n) is 3.08. The van der Waals surface area contributed by atoms with Crippen LogP contribution in [0.1, 0.15) is 23.3 Å². The van der Waals surface area contributed by atoms with Crippen molar-refractivity contribution in [3.8, 4) is 11.5 Å². The minimum Gasteiger partial charge on any atom is -0.497 e. The number of amides is 1. The number of ether oxygens (including phenoxy) is 3. The Morgan fingerprint density at radius 1 is 1.33 bits per heavy atom. The van der Waals surface area contributed by atoms with Crippen LogP contribution < -0.4 is 9.47 Å². The van der Waals surface area contributed by atoms with Gasteiger partial charge in [-0.05, 0) is 42.5 Å². The summed E-state index contributed by atoms with van der Waals surface area (Å²) in [6.45, 7) is 1.99. The van der Waals surface area contributed by atoms with Crippen LogP contribution in [0.4, 0.5) is 0 Å². The molecule has 1 aliphatic heterocycles. The van der Waals surface area contributed by atoms with E-state index in [0.717, 1.165) is 29.9 Å². The third kappa shape index (κ3) is 5.34. The first-order valence-corrected chi connectivity index (χ1v) is 9.90. The monoisotopic (exact) mass is 387 g/mol. The van der Waals surface area contributed by atoms with E-state index >= 15 is 0 Å². The number of hydrogen-bond donors (Lipinski definition) is 0. The second-order valence-corrected chi connectivity index (χ2v) is 7.41. The first-order chi connectivity index (χ1) is 13.2. The molecule has 2 heterocycles. The molecule has 0 spiro atoms. The molecule has 27 heavy (non-hydrogen) atoms. The Hall–Kier alpha value is -2.31. The van der Waals surface area contributed by atoms with E-state index in [1.54, 1.807) is 43.8 Å². The predicted octanol–water partition coefficient (Wildman–Crippen LogP) is 3.99. The molecule has 6 heteroatoms. The third-order valence-corrected chi connectivity index (χ3v) is 5.39. The Kier molecular flexibility index (Phi) is 6.90. The SMILES string of the molecule is COc1ccc(/C=C/C(=O)N(Cc2cccs2)CC2CCCO2)c(OC)c1. The van der Waals surface area contributed by atoms with Gasteiger partial charge in [-0.15, -0.1) is 11.3 Å². The molecule has 1 aromatic carbocycles. The van der Waals surface area contributed by atoms with Crippen molar-refractivity contribution in [1.82, 2.24) is 4.90 Å². The number of rotatable bonds is 8. The smallest absolute Gasteiger partial charge is 0.246 e. The molecular formula is C21H25NO4S. The van der Waals surface area contributed by atoms with Gasteiger partial charge in [0.25, 0.3) is 0 Å². The van der Waals surface area contributed by atoms with Gasteiger partial charge in [-0.2, -0.15) is 0 Å². The summed E-state index contributed by atoms with van der Waals surface area (Å²) in [6.07, 6.45) is 5.58. The van der Waals surface area contributed by atoms with E-state index in [1.165, 1.54) is 0 Å². The molecule has 1 saturated heterocycles. The lowest BCUT2D eigenvalue weighted by Gasteiger charge is -2.24. The average molecular weight is 388 g/mol. The van der Waals surface area contributed by atoms with Crippen LogP contribution in [0.5, 0.6) is 11.5 Å². The highest BCUT2D eigenvalue weighted by atomic mass is 32.1. The number of carbonyl (C=O) groups excluding carboxylic acids is 1. The van der Waals surface area contributed by atoms with Crippen LogP contribution in [0.15, 0.2) is 41.8 Å². The Labute approximate surface area is 164 Å². The largest absolute Gasteiger partial charge is 0.497 e. The molecule has 0 aliphatic carbocycles. The first-order valence-electron chi connectivity index (χ1n) is 9.02. The average Bonchev–Trinajstić information content (AvgIpc) is 3.39. The molecule has 1 amide bonds. The molecule has 144 valence electrons. The lowest BCUT2D eigenvalue weighted by atomic mass is 10.1. The van der Waals surface area contributed by atoms with Gasteiger partial charge in [0.1, 0.15) is 11.5 Å². The highest BCUT2D eigenvalue weighted by Gasteiger charge is 2.22. The fourth-order valence-corrected chi connectivity index (χ4v) is 3.80. The Balaban J connectivity index is 1.73. The summed E-state index contributed by atoms with van der Waals surface area (Å²) < 4.78 is 16.3. The van der Waals surface area contributed by atoms with E-state index < -0.39 is 0 Å². The second kappa shape index (κ2) is 9.58. The molecule has 2 aromatic rings. The molecule has 1 unspecified atom stereocenters. The second-order valence-electron chi connectivity index (χ2n) is 6.37. The summed E-state index contributed by atoms with van der Waals surface area (Å²) in [4.78, 5) is 15.9. The third-order valence-electron chi connectivity index (χ3n) is 4.53. The molecule has 0 bridgehead atoms. The number of benzene rings is 1. The zero-order valence-electron chi connectivity index (χ0n) is 15.7. The number of thiophene rings is 1. The van der Waals surface area contributed by atoms with Crippen LogP contribution in [0.25, 0.3) is 6.08 Å². The Morgan fingerprint density at radius 3 is 2.89 bits per heavy atom. The summed E-state index contributed by atoms with van der Waals surface area (Å²) in [5.74, 6) is 1.35. The van der Waals surface area contributed by atoms with Crippen LogP contribution in [0.3, 0.4) is 0 Å². The van der Waals surface area contributed by atoms with Crippen LogP contribution in [0, 0.1) is 0 Å². The van der Waals surface area contributed by atoms with Crippen molar-refractivity contribution < 1.29 is 19.0 Å². The van der Waals surface area contributed by atoms with Gasteiger partial charge in [-0.1, -0.05) is 6.07 Å². The standard InChI is InChI=1S/C21H25NO4S/c1-24-17-9-7-16(20(13-17)25-2)8-10-21(23)22(14-18-5-3-11-26-18)15-19-6-4-12-27-19/h4,6-10,12-13,18H,3,5,11,14-15H2,1-2H3/b10-8+. The fraction of sp³-hybridized carbons (Fsp3) is 0.381. The predicted molar refractivity (Wildman–Crippen MR) is 107 cm³/mol. The number of carbonyl (C=O) groups is 1. The van der Waals surface area contributed by atoms with Crippen molar-refractivity contribution in [3.63, 3.8) is 0 Å². The molecule has 5 nitrogen and oxygen atoms in total. The number of hydrogen-bond acceptors (Lipinski definition) is 5. The molecule has 3 rings (SSSR count). The molecule has 0 N–H and O–H groups in total. The normalized spacial score (nSPS) is 16.6. The van der Waals surface area contributed by atoms with Crippen molar-refractivity contribution in [2.45, 2.75) is 25.5 Å². The Bertz CT molecular complexity index is 766. The molecule has 0 radical (unpaired) electrons. The van der Waals surface area contributed by atoms with Crippen molar-refractivity contribution in [2.24, 2.45) is 0 Å². The van der Waals surface area contributed by atoms with Crippen LogP contribution in [0.2, 0.25) is 0 Å². The molecule has 1 aromatic heterocycles. The maximum Gasteiger partial charge on any atom is 0.246 e. The maximum absolute atomic E-state index is 12.9. The molecule has 1 fully saturated rings. The topological polar surface area (TPSA) is 48.0 Å². The van der Waals surface area contributed by atoms with Crippen molar-refractivity contribution in [2.75, 3.05) is 27.4 Å². The molecule has 1 atom stereocenters. The van der Waals surface area contributed by atoms with Crippen LogP contribution in [-0.4, -0.2) is 44.3 Å². The van der Waals surface area contributed by atoms with Gasteiger partial charge in [0.05, 0.1) is 26.9 Å². The van der Waals surface area contributed by atoms with Gasteiger partial charge in [0.2, 0.25) is 5.91 Å². The summed E-state index contributed by atoms with van der Waals surface area (Å²) in [5, 5.41) is 2.03. The summed E-state index contributed by atoms with van der Waals surface area (Å²) in [6, 6.07) is 9.59. The van der Waals surface area contributed by atoms with E-state index in [9.17, 15) is 4.79 Å². The lowest BCUT2D eigenvalue weighted by molar-refractivity contribution is -0.128. The van der Waals surface area contributed by atoms with Gasteiger partial charge in [-0.3, -0.25) is 4.79 Å².